The molecule has 1 amide bonds. The molecule has 0 aromatic heterocycles. The number of nitrogens with one attached hydrogen (secondary N) is 1. The van der Waals surface area contributed by atoms with Crippen molar-refractivity contribution in [2.24, 2.45) is 16.7 Å². The molecule has 0 aliphatic heterocycles. The first-order valence-electron chi connectivity index (χ1n) is 20.3. The molecule has 3 aliphatic rings. The SMILES string of the molecule is C=CCO[C@@]1(CO)C=C[C@H](O)[C@@]2(C)C(=O)[C@H](OC(C)=O)C3=C(C)[C@@H](OC(=O)[C@H](O)[C@@H](NC(=O)c4ccccc4)c4ccccc4)C[C@@](O)([C@@H](OC(=O)c4ccccc4)[C@@H]21)C3(C)C. The predicted octanol–water partition coefficient (Wildman–Crippen LogP) is 4.13. The van der Waals surface area contributed by atoms with E-state index in [2.05, 4.69) is 11.9 Å². The fourth-order valence-electron chi connectivity index (χ4n) is 9.45. The van der Waals surface area contributed by atoms with Crippen LogP contribution in [0.3, 0.4) is 0 Å². The van der Waals surface area contributed by atoms with Gasteiger partial charge in [-0.25, -0.2) is 9.59 Å². The number of benzene rings is 3. The summed E-state index contributed by atoms with van der Waals surface area (Å²) in [6, 6.07) is 22.9. The Labute approximate surface area is 359 Å². The van der Waals surface area contributed by atoms with Gasteiger partial charge in [0.2, 0.25) is 0 Å². The Morgan fingerprint density at radius 3 is 2.05 bits per heavy atom. The third kappa shape index (κ3) is 8.04. The number of ketones is 1. The molecule has 1 saturated carbocycles. The summed E-state index contributed by atoms with van der Waals surface area (Å²) in [5.74, 6) is -6.18. The van der Waals surface area contributed by atoms with Crippen LogP contribution >= 0.6 is 0 Å². The van der Waals surface area contributed by atoms with E-state index in [-0.39, 0.29) is 28.9 Å². The molecule has 0 saturated heterocycles. The molecule has 6 rings (SSSR count). The third-order valence-electron chi connectivity index (χ3n) is 12.9. The Morgan fingerprint density at radius 2 is 1.48 bits per heavy atom. The van der Waals surface area contributed by atoms with E-state index in [9.17, 15) is 39.6 Å². The van der Waals surface area contributed by atoms with Crippen LogP contribution in [0.1, 0.15) is 73.4 Å². The summed E-state index contributed by atoms with van der Waals surface area (Å²) in [4.78, 5) is 70.4. The lowest BCUT2D eigenvalue weighted by atomic mass is 9.47. The van der Waals surface area contributed by atoms with Gasteiger partial charge >= 0.3 is 17.9 Å². The average Bonchev–Trinajstić information content (AvgIpc) is 3.26. The molecule has 62 heavy (non-hydrogen) atoms. The van der Waals surface area contributed by atoms with Crippen molar-refractivity contribution in [2.45, 2.75) is 88.8 Å². The lowest BCUT2D eigenvalue weighted by Crippen LogP contribution is -2.75. The molecule has 0 spiro atoms. The largest absolute Gasteiger partial charge is 0.456 e. The minimum Gasteiger partial charge on any atom is -0.456 e. The number of hydrogen-bond acceptors (Lipinski definition) is 13. The molecule has 0 radical (unpaired) electrons. The Hall–Kier alpha value is -5.77. The molecular weight excluding hydrogens is 799 g/mol. The van der Waals surface area contributed by atoms with Crippen molar-refractivity contribution >= 4 is 29.6 Å². The predicted molar refractivity (Wildman–Crippen MR) is 224 cm³/mol. The van der Waals surface area contributed by atoms with E-state index >= 15 is 4.79 Å². The van der Waals surface area contributed by atoms with Crippen LogP contribution in [-0.2, 0) is 33.3 Å². The average molecular weight is 852 g/mol. The fourth-order valence-corrected chi connectivity index (χ4v) is 9.45. The highest BCUT2D eigenvalue weighted by Crippen LogP contribution is 2.61. The van der Waals surface area contributed by atoms with E-state index in [0.29, 0.717) is 5.56 Å². The monoisotopic (exact) mass is 851 g/mol. The Kier molecular flexibility index (Phi) is 13.2. The number of carbonyl (C=O) groups is 5. The number of hydrogen-bond donors (Lipinski definition) is 5. The Bertz CT molecular complexity index is 2240. The first kappa shape index (κ1) is 45.7. The molecule has 0 unspecified atom stereocenters. The second kappa shape index (κ2) is 17.9. The number of rotatable bonds is 13. The number of carbonyl (C=O) groups excluding carboxylic acids is 5. The quantitative estimate of drug-likeness (QED) is 0.0931. The molecule has 0 heterocycles. The number of Topliss-reactive ketones (excluding diaryl/α,β-unsaturated/α-hetero) is 1. The van der Waals surface area contributed by atoms with E-state index < -0.39 is 107 Å². The first-order chi connectivity index (χ1) is 29.4. The summed E-state index contributed by atoms with van der Waals surface area (Å²) >= 11 is 0. The van der Waals surface area contributed by atoms with Crippen LogP contribution in [0.25, 0.3) is 0 Å². The molecule has 1 fully saturated rings. The third-order valence-corrected chi connectivity index (χ3v) is 12.9. The van der Waals surface area contributed by atoms with E-state index in [0.717, 1.165) is 6.92 Å². The van der Waals surface area contributed by atoms with Gasteiger partial charge in [-0.2, -0.15) is 0 Å². The van der Waals surface area contributed by atoms with Gasteiger partial charge in [-0.1, -0.05) is 98.8 Å². The van der Waals surface area contributed by atoms with Crippen LogP contribution in [0.5, 0.6) is 0 Å². The zero-order valence-electron chi connectivity index (χ0n) is 35.2. The maximum atomic E-state index is 15.4. The van der Waals surface area contributed by atoms with Gasteiger partial charge in [-0.05, 0) is 54.8 Å². The normalized spacial score (nSPS) is 29.8. The fraction of sp³-hybridized carbons (Fsp3) is 0.396. The van der Waals surface area contributed by atoms with Crippen LogP contribution in [0.2, 0.25) is 0 Å². The van der Waals surface area contributed by atoms with Crippen molar-refractivity contribution in [3.05, 3.63) is 144 Å². The van der Waals surface area contributed by atoms with Crippen LogP contribution < -0.4 is 5.32 Å². The Balaban J connectivity index is 1.54. The molecule has 328 valence electrons. The van der Waals surface area contributed by atoms with Crippen molar-refractivity contribution in [1.82, 2.24) is 5.32 Å². The van der Waals surface area contributed by atoms with E-state index in [1.54, 1.807) is 92.7 Å². The highest BCUT2D eigenvalue weighted by molar-refractivity contribution is 5.96. The van der Waals surface area contributed by atoms with Gasteiger partial charge in [0.05, 0.1) is 36.3 Å². The molecule has 3 aliphatic carbocycles. The molecule has 10 atom stereocenters. The molecule has 14 nitrogen and oxygen atoms in total. The second-order valence-electron chi connectivity index (χ2n) is 16.8. The summed E-state index contributed by atoms with van der Waals surface area (Å²) in [5.41, 5.74) is -7.33. The van der Waals surface area contributed by atoms with Gasteiger partial charge in [0, 0.05) is 30.2 Å². The maximum absolute atomic E-state index is 15.4. The molecule has 3 aromatic rings. The molecular formula is C48H53NO13. The van der Waals surface area contributed by atoms with Gasteiger partial charge < -0.3 is 44.7 Å². The highest BCUT2D eigenvalue weighted by atomic mass is 16.6. The summed E-state index contributed by atoms with van der Waals surface area (Å²) in [6.07, 6.45) is -5.46. The van der Waals surface area contributed by atoms with Gasteiger partial charge in [0.1, 0.15) is 23.4 Å². The highest BCUT2D eigenvalue weighted by Gasteiger charge is 2.73. The first-order valence-corrected chi connectivity index (χ1v) is 20.3. The second-order valence-corrected chi connectivity index (χ2v) is 16.8. The summed E-state index contributed by atoms with van der Waals surface area (Å²) in [5, 5.41) is 51.3. The van der Waals surface area contributed by atoms with Gasteiger partial charge in [-0.15, -0.1) is 6.58 Å². The zero-order valence-corrected chi connectivity index (χ0v) is 35.2. The van der Waals surface area contributed by atoms with Crippen LogP contribution in [-0.4, -0.2) is 105 Å². The maximum Gasteiger partial charge on any atom is 0.338 e. The van der Waals surface area contributed by atoms with Gasteiger partial charge in [0.15, 0.2) is 18.0 Å². The number of aliphatic hydroxyl groups is 4. The van der Waals surface area contributed by atoms with Gasteiger partial charge in [-0.3, -0.25) is 14.4 Å². The van der Waals surface area contributed by atoms with E-state index in [1.807, 2.05) is 0 Å². The van der Waals surface area contributed by atoms with Crippen LogP contribution in [0.15, 0.2) is 127 Å². The minimum atomic E-state index is -2.41. The topological polar surface area (TPSA) is 215 Å². The van der Waals surface area contributed by atoms with Crippen molar-refractivity contribution in [3.63, 3.8) is 0 Å². The van der Waals surface area contributed by atoms with Crippen molar-refractivity contribution in [1.29, 1.82) is 0 Å². The van der Waals surface area contributed by atoms with Crippen molar-refractivity contribution in [3.8, 4) is 0 Å². The number of amides is 1. The standard InChI is InChI=1S/C48H53NO13/c1-7-25-59-47(27-50)24-23-34(52)46(6)39(47)41(62-43(56)32-21-15-10-16-22-32)48(58)26-33(28(2)35(45(48,4)5)38(40(46)54)60-29(3)51)61-44(57)37(53)36(30-17-11-8-12-18-30)49-42(55)31-19-13-9-14-20-31/h7-24,33-34,36-39,41,50,52-53,58H,1,25-27H2,2-6H3,(H,49,55)/t33-,34-,36-,37+,38+,39-,41-,46+,47+,48+/m0/s1. The van der Waals surface area contributed by atoms with E-state index in [1.165, 1.54) is 44.2 Å². The molecule has 3 aromatic carbocycles. The number of fused-ring (bicyclic) bond motifs is 3. The van der Waals surface area contributed by atoms with E-state index in [4.69, 9.17) is 18.9 Å². The lowest BCUT2D eigenvalue weighted by molar-refractivity contribution is -0.249. The van der Waals surface area contributed by atoms with Crippen molar-refractivity contribution < 1.29 is 63.3 Å². The van der Waals surface area contributed by atoms with Gasteiger partial charge in [0.25, 0.3) is 5.91 Å². The Morgan fingerprint density at radius 1 is 0.903 bits per heavy atom. The van der Waals surface area contributed by atoms with Crippen LogP contribution in [0.4, 0.5) is 0 Å². The zero-order chi connectivity index (χ0) is 45.2. The number of aliphatic hydroxyl groups excluding tert-OH is 3. The van der Waals surface area contributed by atoms with Crippen LogP contribution in [0, 0.1) is 16.7 Å². The summed E-state index contributed by atoms with van der Waals surface area (Å²) in [7, 11) is 0. The molecule has 14 heteroatoms. The number of ether oxygens (including phenoxy) is 4. The lowest BCUT2D eigenvalue weighted by Gasteiger charge is -2.62. The molecule has 5 N–H and O–H groups in total. The summed E-state index contributed by atoms with van der Waals surface area (Å²) in [6.45, 7) is 9.74. The smallest absolute Gasteiger partial charge is 0.338 e. The number of esters is 3. The summed E-state index contributed by atoms with van der Waals surface area (Å²) < 4.78 is 24.6. The minimum absolute atomic E-state index is 0.0143. The van der Waals surface area contributed by atoms with Crippen molar-refractivity contribution in [2.75, 3.05) is 13.2 Å². The molecule has 2 bridgehead atoms.